The molecule has 0 radical (unpaired) electrons. The van der Waals surface area contributed by atoms with Gasteiger partial charge in [-0.2, -0.15) is 13.2 Å². The highest BCUT2D eigenvalue weighted by Crippen LogP contribution is 2.40. The molecule has 1 aliphatic rings. The van der Waals surface area contributed by atoms with E-state index in [1.807, 2.05) is 59.3 Å². The van der Waals surface area contributed by atoms with Crippen molar-refractivity contribution in [1.29, 1.82) is 0 Å². The second-order valence-electron chi connectivity index (χ2n) is 10.6. The third-order valence-electron chi connectivity index (χ3n) is 7.50. The Morgan fingerprint density at radius 1 is 1.05 bits per heavy atom. The highest BCUT2D eigenvalue weighted by Gasteiger charge is 2.44. The second kappa shape index (κ2) is 11.4. The zero-order chi connectivity index (χ0) is 29.3. The van der Waals surface area contributed by atoms with Crippen LogP contribution < -0.4 is 4.90 Å². The van der Waals surface area contributed by atoms with Gasteiger partial charge in [-0.25, -0.2) is 14.5 Å². The molecule has 0 spiro atoms. The van der Waals surface area contributed by atoms with Crippen LogP contribution in [0.4, 0.5) is 19.0 Å². The van der Waals surface area contributed by atoms with Crippen molar-refractivity contribution in [3.8, 4) is 16.9 Å². The number of aromatic nitrogens is 4. The van der Waals surface area contributed by atoms with E-state index < -0.39 is 30.0 Å². The number of carbonyl (C=O) groups is 2. The minimum Gasteiger partial charge on any atom is -0.462 e. The van der Waals surface area contributed by atoms with Gasteiger partial charge < -0.3 is 9.14 Å². The standard InChI is InChI=1S/C30H32F3N5O3/c1-4-41-29(40)24-17-37(23-14-10-20(11-15-23)25-18-36-16-6-5-7-26(36)34-25)35-27(24)38(19(2)3)28(39)21-8-12-22(13-9-21)30(31,32)33/h5-7,10-11,14-19,21-22H,4,8-9,12-13H2,1-3H3/t21-,22-. The van der Waals surface area contributed by atoms with Gasteiger partial charge in [-0.05, 0) is 70.7 Å². The number of anilines is 1. The molecule has 4 aromatic rings. The fourth-order valence-corrected chi connectivity index (χ4v) is 5.35. The van der Waals surface area contributed by atoms with Crippen molar-refractivity contribution in [1.82, 2.24) is 19.2 Å². The van der Waals surface area contributed by atoms with Gasteiger partial charge in [-0.3, -0.25) is 9.69 Å². The number of imidazole rings is 1. The second-order valence-corrected chi connectivity index (χ2v) is 10.6. The summed E-state index contributed by atoms with van der Waals surface area (Å²) < 4.78 is 48.3. The van der Waals surface area contributed by atoms with E-state index in [9.17, 15) is 22.8 Å². The lowest BCUT2D eigenvalue weighted by Crippen LogP contribution is -2.44. The largest absolute Gasteiger partial charge is 0.462 e. The molecule has 1 aromatic carbocycles. The number of pyridine rings is 1. The SMILES string of the molecule is CCOC(=O)c1cn(-c2ccc(-c3cn4ccccc4n3)cc2)nc1N(C(=O)[C@H]1CC[C@H](C(F)(F)F)CC1)C(C)C. The summed E-state index contributed by atoms with van der Waals surface area (Å²) in [4.78, 5) is 32.7. The van der Waals surface area contributed by atoms with Crippen LogP contribution in [-0.4, -0.2) is 49.9 Å². The molecule has 0 unspecified atom stereocenters. The van der Waals surface area contributed by atoms with Crippen molar-refractivity contribution in [2.24, 2.45) is 11.8 Å². The van der Waals surface area contributed by atoms with Gasteiger partial charge in [0.1, 0.15) is 11.2 Å². The fourth-order valence-electron chi connectivity index (χ4n) is 5.35. The normalized spacial score (nSPS) is 17.6. The van der Waals surface area contributed by atoms with Crippen LogP contribution in [-0.2, 0) is 9.53 Å². The first-order valence-electron chi connectivity index (χ1n) is 13.8. The van der Waals surface area contributed by atoms with Gasteiger partial charge in [0.2, 0.25) is 5.91 Å². The first-order chi connectivity index (χ1) is 19.6. The van der Waals surface area contributed by atoms with E-state index in [1.54, 1.807) is 20.8 Å². The van der Waals surface area contributed by atoms with Gasteiger partial charge in [-0.1, -0.05) is 18.2 Å². The average molecular weight is 568 g/mol. The lowest BCUT2D eigenvalue weighted by Gasteiger charge is -2.34. The van der Waals surface area contributed by atoms with Gasteiger partial charge in [0.05, 0.1) is 23.9 Å². The molecule has 3 heterocycles. The van der Waals surface area contributed by atoms with E-state index in [-0.39, 0.29) is 49.6 Å². The summed E-state index contributed by atoms with van der Waals surface area (Å²) in [5.41, 5.74) is 3.28. The van der Waals surface area contributed by atoms with Crippen molar-refractivity contribution < 1.29 is 27.5 Å². The first-order valence-corrected chi connectivity index (χ1v) is 13.8. The number of halogens is 3. The van der Waals surface area contributed by atoms with Gasteiger partial charge >= 0.3 is 12.1 Å². The topological polar surface area (TPSA) is 81.7 Å². The molecule has 3 aromatic heterocycles. The predicted molar refractivity (Wildman–Crippen MR) is 148 cm³/mol. The van der Waals surface area contributed by atoms with Crippen molar-refractivity contribution >= 4 is 23.3 Å². The number of carbonyl (C=O) groups excluding carboxylic acids is 2. The maximum Gasteiger partial charge on any atom is 0.391 e. The number of ether oxygens (including phenoxy) is 1. The van der Waals surface area contributed by atoms with Crippen LogP contribution >= 0.6 is 0 Å². The van der Waals surface area contributed by atoms with E-state index in [2.05, 4.69) is 10.1 Å². The summed E-state index contributed by atoms with van der Waals surface area (Å²) in [5.74, 6) is -2.81. The Bertz CT molecular complexity index is 1500. The Labute approximate surface area is 235 Å². The van der Waals surface area contributed by atoms with E-state index >= 15 is 0 Å². The quantitative estimate of drug-likeness (QED) is 0.239. The summed E-state index contributed by atoms with van der Waals surface area (Å²) >= 11 is 0. The smallest absolute Gasteiger partial charge is 0.391 e. The molecule has 216 valence electrons. The maximum absolute atomic E-state index is 13.7. The fraction of sp³-hybridized carbons (Fsp3) is 0.400. The molecule has 0 atom stereocenters. The highest BCUT2D eigenvalue weighted by atomic mass is 19.4. The van der Waals surface area contributed by atoms with E-state index in [1.165, 1.54) is 15.8 Å². The average Bonchev–Trinajstić information content (AvgIpc) is 3.58. The van der Waals surface area contributed by atoms with E-state index in [4.69, 9.17) is 4.74 Å². The van der Waals surface area contributed by atoms with Crippen LogP contribution in [0.1, 0.15) is 56.8 Å². The Balaban J connectivity index is 1.45. The van der Waals surface area contributed by atoms with Gasteiger partial charge in [-0.15, -0.1) is 5.10 Å². The van der Waals surface area contributed by atoms with Gasteiger partial charge in [0.15, 0.2) is 5.82 Å². The molecule has 0 N–H and O–H groups in total. The number of esters is 1. The molecular weight excluding hydrogens is 535 g/mol. The Morgan fingerprint density at radius 3 is 2.37 bits per heavy atom. The van der Waals surface area contributed by atoms with Crippen LogP contribution in [0, 0.1) is 11.8 Å². The number of nitrogens with zero attached hydrogens (tertiary/aromatic N) is 5. The zero-order valence-corrected chi connectivity index (χ0v) is 23.1. The van der Waals surface area contributed by atoms with Crippen LogP contribution in [0.25, 0.3) is 22.6 Å². The summed E-state index contributed by atoms with van der Waals surface area (Å²) in [6, 6.07) is 12.8. The third kappa shape index (κ3) is 5.84. The number of hydrogen-bond donors (Lipinski definition) is 0. The number of benzene rings is 1. The lowest BCUT2D eigenvalue weighted by atomic mass is 9.81. The maximum atomic E-state index is 13.7. The molecule has 1 amide bonds. The minimum atomic E-state index is -4.26. The number of amides is 1. The number of hydrogen-bond acceptors (Lipinski definition) is 5. The van der Waals surface area contributed by atoms with Crippen LogP contribution in [0.5, 0.6) is 0 Å². The molecule has 8 nitrogen and oxygen atoms in total. The molecule has 0 aliphatic heterocycles. The molecule has 1 saturated carbocycles. The highest BCUT2D eigenvalue weighted by molar-refractivity contribution is 6.02. The van der Waals surface area contributed by atoms with Crippen molar-refractivity contribution in [3.63, 3.8) is 0 Å². The van der Waals surface area contributed by atoms with Crippen molar-refractivity contribution in [2.45, 2.75) is 58.7 Å². The van der Waals surface area contributed by atoms with E-state index in [0.717, 1.165) is 16.9 Å². The molecule has 1 aliphatic carbocycles. The monoisotopic (exact) mass is 567 g/mol. The van der Waals surface area contributed by atoms with Crippen LogP contribution in [0.15, 0.2) is 61.1 Å². The molecule has 41 heavy (non-hydrogen) atoms. The van der Waals surface area contributed by atoms with Crippen molar-refractivity contribution in [2.75, 3.05) is 11.5 Å². The lowest BCUT2D eigenvalue weighted by molar-refractivity contribution is -0.184. The Kier molecular flexibility index (Phi) is 7.88. The summed E-state index contributed by atoms with van der Waals surface area (Å²) in [6.45, 7) is 5.40. The molecule has 1 fully saturated rings. The molecule has 11 heteroatoms. The van der Waals surface area contributed by atoms with Crippen molar-refractivity contribution in [3.05, 3.63) is 66.6 Å². The Morgan fingerprint density at radius 2 is 1.76 bits per heavy atom. The molecule has 5 rings (SSSR count). The first kappa shape index (κ1) is 28.4. The van der Waals surface area contributed by atoms with Crippen LogP contribution in [0.2, 0.25) is 0 Å². The zero-order valence-electron chi connectivity index (χ0n) is 23.1. The molecule has 0 bridgehead atoms. The summed E-state index contributed by atoms with van der Waals surface area (Å²) in [6.07, 6.45) is 1.19. The third-order valence-corrected chi connectivity index (χ3v) is 7.50. The number of alkyl halides is 3. The number of rotatable bonds is 7. The molecule has 0 saturated heterocycles. The summed E-state index contributed by atoms with van der Waals surface area (Å²) in [7, 11) is 0. The summed E-state index contributed by atoms with van der Waals surface area (Å²) in [5, 5.41) is 4.63. The van der Waals surface area contributed by atoms with Gasteiger partial charge in [0.25, 0.3) is 0 Å². The Hall–Kier alpha value is -4.15. The van der Waals surface area contributed by atoms with Crippen LogP contribution in [0.3, 0.4) is 0 Å². The van der Waals surface area contributed by atoms with E-state index in [0.29, 0.717) is 5.69 Å². The predicted octanol–water partition coefficient (Wildman–Crippen LogP) is 6.47. The minimum absolute atomic E-state index is 0.0936. The molecular formula is C30H32F3N5O3. The van der Waals surface area contributed by atoms with Gasteiger partial charge in [0, 0.05) is 36.1 Å². The number of fused-ring (bicyclic) bond motifs is 1.